The molecule has 1 aromatic rings. The molecule has 0 bridgehead atoms. The van der Waals surface area contributed by atoms with Crippen LogP contribution in [0, 0.1) is 5.41 Å². The van der Waals surface area contributed by atoms with Crippen LogP contribution in [0.25, 0.3) is 0 Å². The molecule has 4 nitrogen and oxygen atoms in total. The average Bonchev–Trinajstić information content (AvgIpc) is 2.66. The SMILES string of the molecule is CNCC1(CN(C)Cc2cnn(C)c2)CCCCCC1. The number of hydrogen-bond donors (Lipinski definition) is 1. The van der Waals surface area contributed by atoms with Gasteiger partial charge in [-0.3, -0.25) is 4.68 Å². The van der Waals surface area contributed by atoms with E-state index in [2.05, 4.69) is 35.6 Å². The lowest BCUT2D eigenvalue weighted by molar-refractivity contribution is 0.144. The van der Waals surface area contributed by atoms with E-state index in [0.717, 1.165) is 13.1 Å². The van der Waals surface area contributed by atoms with Crippen molar-refractivity contribution in [2.45, 2.75) is 45.1 Å². The molecule has 1 N–H and O–H groups in total. The normalized spacial score (nSPS) is 19.2. The van der Waals surface area contributed by atoms with Crippen LogP contribution in [0.2, 0.25) is 0 Å². The molecule has 1 heterocycles. The van der Waals surface area contributed by atoms with Crippen LogP contribution in [0.4, 0.5) is 0 Å². The maximum atomic E-state index is 4.26. The summed E-state index contributed by atoms with van der Waals surface area (Å²) in [6.07, 6.45) is 12.4. The highest BCUT2D eigenvalue weighted by atomic mass is 15.2. The van der Waals surface area contributed by atoms with Gasteiger partial charge in [0.15, 0.2) is 0 Å². The Balaban J connectivity index is 1.95. The minimum absolute atomic E-state index is 0.461. The van der Waals surface area contributed by atoms with Crippen molar-refractivity contribution in [3.63, 3.8) is 0 Å². The van der Waals surface area contributed by atoms with E-state index >= 15 is 0 Å². The highest BCUT2D eigenvalue weighted by Gasteiger charge is 2.31. The molecular weight excluding hydrogens is 248 g/mol. The number of aromatic nitrogens is 2. The smallest absolute Gasteiger partial charge is 0.0534 e. The highest BCUT2D eigenvalue weighted by Crippen LogP contribution is 2.35. The first-order chi connectivity index (χ1) is 9.63. The quantitative estimate of drug-likeness (QED) is 0.811. The molecule has 1 saturated carbocycles. The number of nitrogens with zero attached hydrogens (tertiary/aromatic N) is 3. The second-order valence-corrected chi connectivity index (χ2v) is 6.64. The van der Waals surface area contributed by atoms with Gasteiger partial charge in [-0.25, -0.2) is 0 Å². The fourth-order valence-electron chi connectivity index (χ4n) is 3.74. The summed E-state index contributed by atoms with van der Waals surface area (Å²) < 4.78 is 1.89. The molecule has 1 aliphatic carbocycles. The summed E-state index contributed by atoms with van der Waals surface area (Å²) in [4.78, 5) is 2.47. The third-order valence-electron chi connectivity index (χ3n) is 4.53. The van der Waals surface area contributed by atoms with Crippen LogP contribution in [0.15, 0.2) is 12.4 Å². The lowest BCUT2D eigenvalue weighted by Gasteiger charge is -2.36. The molecule has 20 heavy (non-hydrogen) atoms. The van der Waals surface area contributed by atoms with Crippen LogP contribution < -0.4 is 5.32 Å². The lowest BCUT2D eigenvalue weighted by Crippen LogP contribution is -2.41. The summed E-state index contributed by atoms with van der Waals surface area (Å²) in [6.45, 7) is 3.33. The average molecular weight is 278 g/mol. The molecule has 0 spiro atoms. The van der Waals surface area contributed by atoms with Crippen molar-refractivity contribution in [2.24, 2.45) is 12.5 Å². The van der Waals surface area contributed by atoms with Crippen molar-refractivity contribution in [2.75, 3.05) is 27.2 Å². The van der Waals surface area contributed by atoms with Crippen molar-refractivity contribution < 1.29 is 0 Å². The van der Waals surface area contributed by atoms with Crippen LogP contribution in [0.5, 0.6) is 0 Å². The Bertz CT molecular complexity index is 391. The zero-order valence-corrected chi connectivity index (χ0v) is 13.4. The third-order valence-corrected chi connectivity index (χ3v) is 4.53. The lowest BCUT2D eigenvalue weighted by atomic mass is 9.79. The summed E-state index contributed by atoms with van der Waals surface area (Å²) in [5.74, 6) is 0. The summed E-state index contributed by atoms with van der Waals surface area (Å²) in [5, 5.41) is 7.70. The van der Waals surface area contributed by atoms with Gasteiger partial charge in [0.05, 0.1) is 6.20 Å². The van der Waals surface area contributed by atoms with Gasteiger partial charge in [0.1, 0.15) is 0 Å². The number of hydrogen-bond acceptors (Lipinski definition) is 3. The van der Waals surface area contributed by atoms with Crippen molar-refractivity contribution >= 4 is 0 Å². The summed E-state index contributed by atoms with van der Waals surface area (Å²) in [6, 6.07) is 0. The maximum Gasteiger partial charge on any atom is 0.0534 e. The van der Waals surface area contributed by atoms with Crippen LogP contribution in [-0.2, 0) is 13.6 Å². The zero-order chi connectivity index (χ0) is 14.4. The van der Waals surface area contributed by atoms with Gasteiger partial charge in [0, 0.05) is 38.4 Å². The highest BCUT2D eigenvalue weighted by molar-refractivity contribution is 5.03. The van der Waals surface area contributed by atoms with Gasteiger partial charge in [-0.1, -0.05) is 25.7 Å². The minimum Gasteiger partial charge on any atom is -0.319 e. The van der Waals surface area contributed by atoms with E-state index in [1.807, 2.05) is 17.9 Å². The van der Waals surface area contributed by atoms with Crippen LogP contribution >= 0.6 is 0 Å². The Hall–Kier alpha value is -0.870. The third kappa shape index (κ3) is 4.32. The maximum absolute atomic E-state index is 4.26. The molecule has 0 aromatic carbocycles. The second-order valence-electron chi connectivity index (χ2n) is 6.64. The molecule has 1 fully saturated rings. The van der Waals surface area contributed by atoms with E-state index in [-0.39, 0.29) is 0 Å². The molecular formula is C16H30N4. The van der Waals surface area contributed by atoms with Gasteiger partial charge in [-0.05, 0) is 32.4 Å². The second kappa shape index (κ2) is 7.23. The van der Waals surface area contributed by atoms with Crippen molar-refractivity contribution in [3.05, 3.63) is 18.0 Å². The van der Waals surface area contributed by atoms with Crippen LogP contribution in [-0.4, -0.2) is 41.9 Å². The van der Waals surface area contributed by atoms with Crippen molar-refractivity contribution in [1.82, 2.24) is 20.0 Å². The Morgan fingerprint density at radius 1 is 1.30 bits per heavy atom. The van der Waals surface area contributed by atoms with Crippen LogP contribution in [0.3, 0.4) is 0 Å². The van der Waals surface area contributed by atoms with Gasteiger partial charge >= 0.3 is 0 Å². The van der Waals surface area contributed by atoms with Gasteiger partial charge in [0.25, 0.3) is 0 Å². The molecule has 114 valence electrons. The van der Waals surface area contributed by atoms with Gasteiger partial charge in [-0.15, -0.1) is 0 Å². The van der Waals surface area contributed by atoms with Gasteiger partial charge in [0.2, 0.25) is 0 Å². The first-order valence-electron chi connectivity index (χ1n) is 7.94. The number of nitrogens with one attached hydrogen (secondary N) is 1. The molecule has 0 saturated heterocycles. The van der Waals surface area contributed by atoms with Crippen molar-refractivity contribution in [1.29, 1.82) is 0 Å². The summed E-state index contributed by atoms with van der Waals surface area (Å²) >= 11 is 0. The first-order valence-corrected chi connectivity index (χ1v) is 7.94. The van der Waals surface area contributed by atoms with Crippen molar-refractivity contribution in [3.8, 4) is 0 Å². The number of rotatable bonds is 6. The molecule has 0 unspecified atom stereocenters. The standard InChI is InChI=1S/C16H30N4/c1-17-13-16(8-6-4-5-7-9-16)14-19(2)11-15-10-18-20(3)12-15/h10,12,17H,4-9,11,13-14H2,1-3H3. The summed E-state index contributed by atoms with van der Waals surface area (Å²) in [7, 11) is 6.32. The molecule has 2 rings (SSSR count). The fourth-order valence-corrected chi connectivity index (χ4v) is 3.74. The van der Waals surface area contributed by atoms with E-state index in [4.69, 9.17) is 0 Å². The van der Waals surface area contributed by atoms with E-state index in [1.165, 1.54) is 50.6 Å². The van der Waals surface area contributed by atoms with E-state index < -0.39 is 0 Å². The molecule has 1 aromatic heterocycles. The molecule has 0 radical (unpaired) electrons. The van der Waals surface area contributed by atoms with Gasteiger partial charge in [-0.2, -0.15) is 5.10 Å². The molecule has 0 atom stereocenters. The number of aryl methyl sites for hydroxylation is 1. The van der Waals surface area contributed by atoms with E-state index in [1.54, 1.807) is 0 Å². The Morgan fingerprint density at radius 2 is 2.00 bits per heavy atom. The predicted molar refractivity (Wildman–Crippen MR) is 83.6 cm³/mol. The molecule has 1 aliphatic rings. The van der Waals surface area contributed by atoms with E-state index in [0.29, 0.717) is 5.41 Å². The van der Waals surface area contributed by atoms with E-state index in [9.17, 15) is 0 Å². The van der Waals surface area contributed by atoms with Gasteiger partial charge < -0.3 is 10.2 Å². The topological polar surface area (TPSA) is 33.1 Å². The minimum atomic E-state index is 0.461. The van der Waals surface area contributed by atoms with Crippen LogP contribution in [0.1, 0.15) is 44.1 Å². The Kier molecular flexibility index (Phi) is 5.61. The summed E-state index contributed by atoms with van der Waals surface area (Å²) in [5.41, 5.74) is 1.77. The Labute approximate surface area is 123 Å². The largest absolute Gasteiger partial charge is 0.319 e. The monoisotopic (exact) mass is 278 g/mol. The molecule has 0 aliphatic heterocycles. The molecule has 0 amide bonds. The predicted octanol–water partition coefficient (Wildman–Crippen LogP) is 2.41. The first kappa shape index (κ1) is 15.5. The Morgan fingerprint density at radius 3 is 2.55 bits per heavy atom. The zero-order valence-electron chi connectivity index (χ0n) is 13.4. The fraction of sp³-hybridized carbons (Fsp3) is 0.812. The molecule has 4 heteroatoms.